The van der Waals surface area contributed by atoms with Crippen molar-refractivity contribution in [2.45, 2.75) is 25.9 Å². The van der Waals surface area contributed by atoms with Crippen molar-refractivity contribution in [3.8, 4) is 5.75 Å². The summed E-state index contributed by atoms with van der Waals surface area (Å²) < 4.78 is 11.1. The number of hydrogen-bond acceptors (Lipinski definition) is 4. The zero-order valence-electron chi connectivity index (χ0n) is 17.4. The van der Waals surface area contributed by atoms with Crippen molar-refractivity contribution < 1.29 is 23.7 Å². The molecule has 2 fully saturated rings. The number of benzene rings is 1. The van der Waals surface area contributed by atoms with Gasteiger partial charge in [-0.2, -0.15) is 0 Å². The number of carbonyl (C=O) groups excluding carboxylic acids is 1. The molecule has 2 aromatic rings. The van der Waals surface area contributed by atoms with Crippen molar-refractivity contribution >= 4 is 5.91 Å². The molecule has 7 heteroatoms. The lowest BCUT2D eigenvalue weighted by Gasteiger charge is -2.29. The molecule has 1 amide bonds. The Morgan fingerprint density at radius 2 is 1.67 bits per heavy atom. The van der Waals surface area contributed by atoms with Gasteiger partial charge in [-0.1, -0.05) is 30.3 Å². The fourth-order valence-electron chi connectivity index (χ4n) is 4.28. The summed E-state index contributed by atoms with van der Waals surface area (Å²) in [6, 6.07) is 12.1. The van der Waals surface area contributed by atoms with Gasteiger partial charge in [0.2, 0.25) is 11.2 Å². The van der Waals surface area contributed by atoms with Gasteiger partial charge < -0.3 is 23.9 Å². The first kappa shape index (κ1) is 20.6. The summed E-state index contributed by atoms with van der Waals surface area (Å²) in [5, 5.41) is 0. The molecular weight excluding hydrogens is 382 g/mol. The zero-order valence-corrected chi connectivity index (χ0v) is 17.4. The molecule has 0 atom stereocenters. The van der Waals surface area contributed by atoms with E-state index in [0.29, 0.717) is 12.3 Å². The summed E-state index contributed by atoms with van der Waals surface area (Å²) in [7, 11) is 0. The van der Waals surface area contributed by atoms with Crippen LogP contribution in [0.2, 0.25) is 0 Å². The smallest absolute Gasteiger partial charge is 0.260 e. The molecule has 0 saturated carbocycles. The largest absolute Gasteiger partial charge is 0.477 e. The van der Waals surface area contributed by atoms with Crippen LogP contribution < -0.4 is 20.0 Å². The highest BCUT2D eigenvalue weighted by Gasteiger charge is 2.24. The Hall–Kier alpha value is -2.64. The maximum Gasteiger partial charge on any atom is 0.260 e. The van der Waals surface area contributed by atoms with Crippen LogP contribution in [0.15, 0.2) is 51.9 Å². The molecular formula is C23H31N3O4+2. The van der Waals surface area contributed by atoms with E-state index in [1.165, 1.54) is 22.8 Å². The first-order chi connectivity index (χ1) is 14.7. The van der Waals surface area contributed by atoms with Gasteiger partial charge in [-0.05, 0) is 12.8 Å². The summed E-state index contributed by atoms with van der Waals surface area (Å²) in [5.41, 5.74) is 1.15. The number of piperazine rings is 1. The maximum atomic E-state index is 12.3. The van der Waals surface area contributed by atoms with Crippen molar-refractivity contribution in [2.24, 2.45) is 0 Å². The quantitative estimate of drug-likeness (QED) is 0.619. The van der Waals surface area contributed by atoms with Gasteiger partial charge >= 0.3 is 0 Å². The number of quaternary nitrogens is 2. The fourth-order valence-corrected chi connectivity index (χ4v) is 4.28. The number of likely N-dealkylation sites (tertiary alicyclic amines) is 1. The predicted octanol–water partition coefficient (Wildman–Crippen LogP) is -0.875. The first-order valence-electron chi connectivity index (χ1n) is 10.9. The molecule has 30 heavy (non-hydrogen) atoms. The number of nitrogens with one attached hydrogen (secondary N) is 2. The lowest BCUT2D eigenvalue weighted by Crippen LogP contribution is -3.27. The lowest BCUT2D eigenvalue weighted by atomic mass is 10.2. The molecule has 0 radical (unpaired) electrons. The van der Waals surface area contributed by atoms with Crippen LogP contribution in [0.25, 0.3) is 0 Å². The van der Waals surface area contributed by atoms with Gasteiger partial charge in [0.1, 0.15) is 45.5 Å². The minimum atomic E-state index is -0.224. The molecule has 4 rings (SSSR count). The van der Waals surface area contributed by atoms with Crippen LogP contribution in [0.4, 0.5) is 0 Å². The summed E-state index contributed by atoms with van der Waals surface area (Å²) in [4.78, 5) is 29.2. The Bertz CT molecular complexity index is 885. The number of amides is 1. The van der Waals surface area contributed by atoms with E-state index in [-0.39, 0.29) is 23.7 Å². The van der Waals surface area contributed by atoms with E-state index in [4.69, 9.17) is 9.15 Å². The first-order valence-corrected chi connectivity index (χ1v) is 10.9. The number of nitrogens with zero attached hydrogens (tertiary/aromatic N) is 1. The van der Waals surface area contributed by atoms with Crippen molar-refractivity contribution in [3.05, 3.63) is 64.2 Å². The number of carbonyl (C=O) groups is 1. The van der Waals surface area contributed by atoms with Crippen LogP contribution in [0, 0.1) is 0 Å². The molecule has 0 spiro atoms. The van der Waals surface area contributed by atoms with Gasteiger partial charge in [0, 0.05) is 24.7 Å². The second-order valence-electron chi connectivity index (χ2n) is 8.29. The molecule has 0 aliphatic carbocycles. The van der Waals surface area contributed by atoms with Crippen molar-refractivity contribution in [1.82, 2.24) is 4.90 Å². The highest BCUT2D eigenvalue weighted by Crippen LogP contribution is 2.09. The second kappa shape index (κ2) is 9.91. The Morgan fingerprint density at radius 3 is 2.33 bits per heavy atom. The van der Waals surface area contributed by atoms with Crippen molar-refractivity contribution in [1.29, 1.82) is 0 Å². The molecule has 2 aliphatic heterocycles. The molecule has 7 nitrogen and oxygen atoms in total. The average Bonchev–Trinajstić information content (AvgIpc) is 3.30. The maximum absolute atomic E-state index is 12.3. The standard InChI is InChI=1S/C23H29N3O4/c27-21-14-20(29-17-22(21)30-18-23(28)26-8-4-5-9-26)16-25-12-10-24(11-13-25)15-19-6-2-1-3-7-19/h1-3,6-7,14,17H,4-5,8-13,15-16,18H2/p+2. The van der Waals surface area contributed by atoms with Crippen LogP contribution in [-0.4, -0.2) is 56.7 Å². The van der Waals surface area contributed by atoms with Crippen LogP contribution in [0.5, 0.6) is 5.75 Å². The van der Waals surface area contributed by atoms with Gasteiger partial charge in [0.15, 0.2) is 12.4 Å². The summed E-state index contributed by atoms with van der Waals surface area (Å²) >= 11 is 0. The minimum absolute atomic E-state index is 0.0729. The van der Waals surface area contributed by atoms with Gasteiger partial charge in [0.25, 0.3) is 5.91 Å². The molecule has 2 saturated heterocycles. The monoisotopic (exact) mass is 413 g/mol. The molecule has 1 aromatic carbocycles. The molecule has 3 heterocycles. The van der Waals surface area contributed by atoms with E-state index in [9.17, 15) is 9.59 Å². The Labute approximate surface area is 176 Å². The lowest BCUT2D eigenvalue weighted by molar-refractivity contribution is -1.02. The SMILES string of the molecule is O=C(COc1coc(C[NH+]2CC[NH+](Cc3ccccc3)CC2)cc1=O)N1CCCC1. The van der Waals surface area contributed by atoms with E-state index < -0.39 is 0 Å². The highest BCUT2D eigenvalue weighted by atomic mass is 16.5. The molecule has 2 N–H and O–H groups in total. The fraction of sp³-hybridized carbons (Fsp3) is 0.478. The third-order valence-corrected chi connectivity index (χ3v) is 6.05. The summed E-state index contributed by atoms with van der Waals surface area (Å²) in [6.45, 7) is 7.51. The van der Waals surface area contributed by atoms with Crippen LogP contribution in [0.3, 0.4) is 0 Å². The summed E-state index contributed by atoms with van der Waals surface area (Å²) in [5.74, 6) is 0.703. The number of rotatable bonds is 7. The van der Waals surface area contributed by atoms with E-state index >= 15 is 0 Å². The number of hydrogen-bond donors (Lipinski definition) is 2. The predicted molar refractivity (Wildman–Crippen MR) is 112 cm³/mol. The normalized spacial score (nSPS) is 21.5. The van der Waals surface area contributed by atoms with Crippen LogP contribution in [0.1, 0.15) is 24.2 Å². The molecule has 1 aromatic heterocycles. The average molecular weight is 414 g/mol. The van der Waals surface area contributed by atoms with E-state index in [2.05, 4.69) is 30.3 Å². The topological polar surface area (TPSA) is 68.6 Å². The van der Waals surface area contributed by atoms with E-state index in [0.717, 1.165) is 58.7 Å². The van der Waals surface area contributed by atoms with Crippen LogP contribution in [-0.2, 0) is 17.9 Å². The third-order valence-electron chi connectivity index (χ3n) is 6.05. The minimum Gasteiger partial charge on any atom is -0.477 e. The van der Waals surface area contributed by atoms with E-state index in [1.54, 1.807) is 9.80 Å². The third kappa shape index (κ3) is 5.49. The van der Waals surface area contributed by atoms with Crippen molar-refractivity contribution in [2.75, 3.05) is 45.9 Å². The molecule has 160 valence electrons. The highest BCUT2D eigenvalue weighted by molar-refractivity contribution is 5.77. The van der Waals surface area contributed by atoms with Crippen LogP contribution >= 0.6 is 0 Å². The van der Waals surface area contributed by atoms with Gasteiger partial charge in [-0.3, -0.25) is 9.59 Å². The Kier molecular flexibility index (Phi) is 6.81. The number of ether oxygens (including phenoxy) is 1. The van der Waals surface area contributed by atoms with Gasteiger partial charge in [-0.25, -0.2) is 0 Å². The molecule has 0 bridgehead atoms. The van der Waals surface area contributed by atoms with Gasteiger partial charge in [0.05, 0.1) is 0 Å². The Morgan fingerprint density at radius 1 is 1.00 bits per heavy atom. The Balaban J connectivity index is 1.24. The zero-order chi connectivity index (χ0) is 20.8. The van der Waals surface area contributed by atoms with Gasteiger partial charge in [-0.15, -0.1) is 0 Å². The molecule has 0 unspecified atom stereocenters. The van der Waals surface area contributed by atoms with E-state index in [1.807, 2.05) is 0 Å². The summed E-state index contributed by atoms with van der Waals surface area (Å²) in [6.07, 6.45) is 3.42. The molecule has 2 aliphatic rings. The van der Waals surface area contributed by atoms with Crippen molar-refractivity contribution in [3.63, 3.8) is 0 Å². The second-order valence-corrected chi connectivity index (χ2v) is 8.29.